The van der Waals surface area contributed by atoms with Crippen molar-refractivity contribution in [1.82, 2.24) is 25.6 Å². The van der Waals surface area contributed by atoms with Gasteiger partial charge in [0, 0.05) is 24.7 Å². The third-order valence-electron chi connectivity index (χ3n) is 3.11. The van der Waals surface area contributed by atoms with Gasteiger partial charge in [-0.2, -0.15) is 0 Å². The van der Waals surface area contributed by atoms with Crippen molar-refractivity contribution in [2.24, 2.45) is 5.92 Å². The van der Waals surface area contributed by atoms with Gasteiger partial charge < -0.3 is 10.6 Å². The maximum atomic E-state index is 11.9. The molecule has 0 saturated carbocycles. The summed E-state index contributed by atoms with van der Waals surface area (Å²) in [4.78, 5) is 11.9. The van der Waals surface area contributed by atoms with Crippen LogP contribution in [0.3, 0.4) is 0 Å². The highest BCUT2D eigenvalue weighted by atomic mass is 16.1. The second-order valence-corrected chi connectivity index (χ2v) is 4.53. The molecule has 1 aliphatic heterocycles. The number of nitrogens with one attached hydrogen (secondary N) is 2. The summed E-state index contributed by atoms with van der Waals surface area (Å²) in [7, 11) is 0. The van der Waals surface area contributed by atoms with E-state index in [1.165, 1.54) is 0 Å². The van der Waals surface area contributed by atoms with Crippen molar-refractivity contribution in [3.63, 3.8) is 0 Å². The number of carbonyl (C=O) groups is 1. The van der Waals surface area contributed by atoms with Gasteiger partial charge in [-0.3, -0.25) is 9.48 Å². The molecule has 1 aromatic rings. The molecule has 6 heteroatoms. The molecular formula is C11H19N5O. The second kappa shape index (κ2) is 5.77. The molecule has 94 valence electrons. The van der Waals surface area contributed by atoms with E-state index in [-0.39, 0.29) is 11.8 Å². The molecule has 2 rings (SSSR count). The summed E-state index contributed by atoms with van der Waals surface area (Å²) in [6.07, 6.45) is 5.28. The highest BCUT2D eigenvalue weighted by molar-refractivity contribution is 5.78. The van der Waals surface area contributed by atoms with Gasteiger partial charge in [0.2, 0.25) is 5.91 Å². The largest absolute Gasteiger partial charge is 0.354 e. The highest BCUT2D eigenvalue weighted by Crippen LogP contribution is 2.15. The lowest BCUT2D eigenvalue weighted by Crippen LogP contribution is -2.43. The third kappa shape index (κ3) is 3.52. The van der Waals surface area contributed by atoms with E-state index in [4.69, 9.17) is 0 Å². The smallest absolute Gasteiger partial charge is 0.223 e. The molecule has 1 saturated heterocycles. The minimum atomic E-state index is 0.155. The Morgan fingerprint density at radius 2 is 2.53 bits per heavy atom. The van der Waals surface area contributed by atoms with Gasteiger partial charge in [-0.05, 0) is 26.3 Å². The number of carbonyl (C=O) groups excluding carboxylic acids is 1. The summed E-state index contributed by atoms with van der Waals surface area (Å²) < 4.78 is 1.71. The maximum Gasteiger partial charge on any atom is 0.223 e. The van der Waals surface area contributed by atoms with Gasteiger partial charge in [0.15, 0.2) is 0 Å². The summed E-state index contributed by atoms with van der Waals surface area (Å²) in [5, 5.41) is 13.9. The zero-order valence-corrected chi connectivity index (χ0v) is 10.1. The molecule has 1 aromatic heterocycles. The first-order chi connectivity index (χ1) is 8.25. The molecule has 17 heavy (non-hydrogen) atoms. The SMILES string of the molecule is CC1CC(C(=O)NCCn2ccnn2)CCN1. The number of piperidine rings is 1. The Kier molecular flexibility index (Phi) is 4.08. The standard InChI is InChI=1S/C11H19N5O/c1-9-8-10(2-3-12-9)11(17)13-4-6-16-7-5-14-15-16/h5,7,9-10,12H,2-4,6,8H2,1H3,(H,13,17). The Labute approximate surface area is 101 Å². The van der Waals surface area contributed by atoms with Crippen molar-refractivity contribution in [2.75, 3.05) is 13.1 Å². The van der Waals surface area contributed by atoms with E-state index in [0.717, 1.165) is 19.4 Å². The number of hydrogen-bond acceptors (Lipinski definition) is 4. The van der Waals surface area contributed by atoms with Crippen molar-refractivity contribution in [3.05, 3.63) is 12.4 Å². The summed E-state index contributed by atoms with van der Waals surface area (Å²) in [6.45, 7) is 4.34. The summed E-state index contributed by atoms with van der Waals surface area (Å²) in [5.74, 6) is 0.320. The summed E-state index contributed by atoms with van der Waals surface area (Å²) in [6, 6.07) is 0.440. The first-order valence-corrected chi connectivity index (χ1v) is 6.11. The molecule has 2 N–H and O–H groups in total. The molecule has 6 nitrogen and oxygen atoms in total. The third-order valence-corrected chi connectivity index (χ3v) is 3.11. The van der Waals surface area contributed by atoms with Crippen LogP contribution in [0.4, 0.5) is 0 Å². The van der Waals surface area contributed by atoms with E-state index in [1.807, 2.05) is 0 Å². The van der Waals surface area contributed by atoms with Crippen LogP contribution in [0.25, 0.3) is 0 Å². The van der Waals surface area contributed by atoms with Crippen molar-refractivity contribution < 1.29 is 4.79 Å². The zero-order valence-electron chi connectivity index (χ0n) is 10.1. The Morgan fingerprint density at radius 3 is 3.24 bits per heavy atom. The molecule has 0 aliphatic carbocycles. The molecule has 1 aliphatic rings. The fraction of sp³-hybridized carbons (Fsp3) is 0.727. The first kappa shape index (κ1) is 12.0. The Balaban J connectivity index is 1.70. The number of rotatable bonds is 4. The summed E-state index contributed by atoms with van der Waals surface area (Å²) in [5.41, 5.74) is 0. The van der Waals surface area contributed by atoms with Gasteiger partial charge in [0.05, 0.1) is 12.7 Å². The predicted molar refractivity (Wildman–Crippen MR) is 63.2 cm³/mol. The monoisotopic (exact) mass is 237 g/mol. The molecule has 1 fully saturated rings. The molecule has 0 bridgehead atoms. The average molecular weight is 237 g/mol. The lowest BCUT2D eigenvalue weighted by Gasteiger charge is -2.27. The normalized spacial score (nSPS) is 24.5. The van der Waals surface area contributed by atoms with Crippen molar-refractivity contribution in [1.29, 1.82) is 0 Å². The zero-order chi connectivity index (χ0) is 12.1. The maximum absolute atomic E-state index is 11.9. The van der Waals surface area contributed by atoms with Crippen LogP contribution in [-0.2, 0) is 11.3 Å². The van der Waals surface area contributed by atoms with Crippen LogP contribution in [0.2, 0.25) is 0 Å². The van der Waals surface area contributed by atoms with E-state index < -0.39 is 0 Å². The van der Waals surface area contributed by atoms with E-state index in [9.17, 15) is 4.79 Å². The lowest BCUT2D eigenvalue weighted by atomic mass is 9.92. The van der Waals surface area contributed by atoms with Crippen molar-refractivity contribution >= 4 is 5.91 Å². The summed E-state index contributed by atoms with van der Waals surface area (Å²) >= 11 is 0. The molecule has 2 atom stereocenters. The van der Waals surface area contributed by atoms with Crippen LogP contribution >= 0.6 is 0 Å². The minimum Gasteiger partial charge on any atom is -0.354 e. The van der Waals surface area contributed by atoms with Gasteiger partial charge in [0.25, 0.3) is 0 Å². The van der Waals surface area contributed by atoms with Crippen LogP contribution in [0.1, 0.15) is 19.8 Å². The van der Waals surface area contributed by atoms with Gasteiger partial charge in [-0.25, -0.2) is 0 Å². The Morgan fingerprint density at radius 1 is 1.65 bits per heavy atom. The van der Waals surface area contributed by atoms with Crippen LogP contribution in [0, 0.1) is 5.92 Å². The molecule has 0 spiro atoms. The number of aromatic nitrogens is 3. The van der Waals surface area contributed by atoms with Crippen LogP contribution < -0.4 is 10.6 Å². The van der Waals surface area contributed by atoms with Gasteiger partial charge in [0.1, 0.15) is 0 Å². The second-order valence-electron chi connectivity index (χ2n) is 4.53. The average Bonchev–Trinajstić information content (AvgIpc) is 2.82. The van der Waals surface area contributed by atoms with E-state index in [0.29, 0.717) is 19.1 Å². The van der Waals surface area contributed by atoms with Crippen molar-refractivity contribution in [3.8, 4) is 0 Å². The van der Waals surface area contributed by atoms with Gasteiger partial charge in [-0.1, -0.05) is 5.21 Å². The van der Waals surface area contributed by atoms with E-state index >= 15 is 0 Å². The number of hydrogen-bond donors (Lipinski definition) is 2. The van der Waals surface area contributed by atoms with Gasteiger partial charge >= 0.3 is 0 Å². The topological polar surface area (TPSA) is 71.8 Å². The van der Waals surface area contributed by atoms with Gasteiger partial charge in [-0.15, -0.1) is 5.10 Å². The Bertz CT molecular complexity index is 351. The quantitative estimate of drug-likeness (QED) is 0.759. The minimum absolute atomic E-state index is 0.155. The molecule has 2 heterocycles. The van der Waals surface area contributed by atoms with E-state index in [2.05, 4.69) is 27.9 Å². The fourth-order valence-corrected chi connectivity index (χ4v) is 2.16. The number of nitrogens with zero attached hydrogens (tertiary/aromatic N) is 3. The highest BCUT2D eigenvalue weighted by Gasteiger charge is 2.24. The molecular weight excluding hydrogens is 218 g/mol. The van der Waals surface area contributed by atoms with Crippen LogP contribution in [0.5, 0.6) is 0 Å². The molecule has 1 amide bonds. The van der Waals surface area contributed by atoms with Crippen LogP contribution in [0.15, 0.2) is 12.4 Å². The molecule has 0 radical (unpaired) electrons. The lowest BCUT2D eigenvalue weighted by molar-refractivity contribution is -0.126. The van der Waals surface area contributed by atoms with E-state index in [1.54, 1.807) is 17.1 Å². The first-order valence-electron chi connectivity index (χ1n) is 6.11. The Hall–Kier alpha value is -1.43. The fourth-order valence-electron chi connectivity index (χ4n) is 2.16. The molecule has 2 unspecified atom stereocenters. The number of amides is 1. The predicted octanol–water partition coefficient (Wildman–Crippen LogP) is -0.218. The molecule has 0 aromatic carbocycles. The van der Waals surface area contributed by atoms with Crippen LogP contribution in [-0.4, -0.2) is 40.0 Å². The van der Waals surface area contributed by atoms with Crippen molar-refractivity contribution in [2.45, 2.75) is 32.4 Å².